The summed E-state index contributed by atoms with van der Waals surface area (Å²) in [6.45, 7) is 0. The Hall–Kier alpha value is -3.03. The van der Waals surface area contributed by atoms with Gasteiger partial charge in [0.1, 0.15) is 5.56 Å². The highest BCUT2D eigenvalue weighted by atomic mass is 19.2. The molecule has 1 amide bonds. The molecule has 0 aromatic heterocycles. The largest absolute Gasteiger partial charge is 0.399 e. The maximum atomic E-state index is 13.2. The third-order valence-electron chi connectivity index (χ3n) is 2.65. The molecule has 0 unspecified atom stereocenters. The zero-order chi connectivity index (χ0) is 15.6. The number of nitro groups is 1. The van der Waals surface area contributed by atoms with E-state index in [4.69, 9.17) is 5.73 Å². The molecule has 0 aliphatic heterocycles. The summed E-state index contributed by atoms with van der Waals surface area (Å²) in [4.78, 5) is 21.8. The average molecular weight is 293 g/mol. The van der Waals surface area contributed by atoms with Crippen molar-refractivity contribution < 1.29 is 18.5 Å². The van der Waals surface area contributed by atoms with Crippen LogP contribution in [0.5, 0.6) is 0 Å². The van der Waals surface area contributed by atoms with Crippen LogP contribution in [0.1, 0.15) is 10.4 Å². The minimum absolute atomic E-state index is 0.313. The second kappa shape index (κ2) is 5.53. The van der Waals surface area contributed by atoms with Crippen molar-refractivity contribution in [1.29, 1.82) is 0 Å². The predicted molar refractivity (Wildman–Crippen MR) is 71.8 cm³/mol. The molecular weight excluding hydrogens is 284 g/mol. The van der Waals surface area contributed by atoms with Crippen molar-refractivity contribution in [2.45, 2.75) is 0 Å². The third kappa shape index (κ3) is 3.11. The average Bonchev–Trinajstić information content (AvgIpc) is 2.43. The van der Waals surface area contributed by atoms with E-state index in [1.54, 1.807) is 0 Å². The van der Waals surface area contributed by atoms with Crippen molar-refractivity contribution in [2.75, 3.05) is 11.1 Å². The molecule has 0 radical (unpaired) electrons. The van der Waals surface area contributed by atoms with Gasteiger partial charge in [0, 0.05) is 11.4 Å². The standard InChI is InChI=1S/C13H9F2N3O3/c14-10-5-9(12(18(20)21)6-11(10)15)13(19)17-8-3-1-7(16)2-4-8/h1-6H,16H2,(H,17,19). The number of nitro benzene ring substituents is 1. The number of nitrogens with one attached hydrogen (secondary N) is 1. The van der Waals surface area contributed by atoms with Crippen molar-refractivity contribution in [3.63, 3.8) is 0 Å². The van der Waals surface area contributed by atoms with E-state index < -0.39 is 33.7 Å². The molecule has 6 nitrogen and oxygen atoms in total. The van der Waals surface area contributed by atoms with Crippen molar-refractivity contribution in [3.05, 3.63) is 63.7 Å². The number of anilines is 2. The molecule has 3 N–H and O–H groups in total. The smallest absolute Gasteiger partial charge is 0.285 e. The van der Waals surface area contributed by atoms with E-state index in [9.17, 15) is 23.7 Å². The molecule has 0 aliphatic carbocycles. The Morgan fingerprint density at radius 3 is 2.29 bits per heavy atom. The molecule has 2 rings (SSSR count). The molecule has 8 heteroatoms. The number of amides is 1. The number of rotatable bonds is 3. The Balaban J connectivity index is 2.36. The zero-order valence-corrected chi connectivity index (χ0v) is 10.5. The van der Waals surface area contributed by atoms with Gasteiger partial charge in [0.25, 0.3) is 11.6 Å². The van der Waals surface area contributed by atoms with Crippen molar-refractivity contribution in [3.8, 4) is 0 Å². The van der Waals surface area contributed by atoms with Gasteiger partial charge in [0.15, 0.2) is 11.6 Å². The lowest BCUT2D eigenvalue weighted by Gasteiger charge is -2.06. The van der Waals surface area contributed by atoms with Gasteiger partial charge in [-0.3, -0.25) is 14.9 Å². The molecule has 0 heterocycles. The monoisotopic (exact) mass is 293 g/mol. The number of nitrogen functional groups attached to an aromatic ring is 1. The molecule has 0 atom stereocenters. The molecule has 0 bridgehead atoms. The minimum Gasteiger partial charge on any atom is -0.399 e. The second-order valence-electron chi connectivity index (χ2n) is 4.12. The van der Waals surface area contributed by atoms with E-state index in [1.165, 1.54) is 24.3 Å². The fraction of sp³-hybridized carbons (Fsp3) is 0. The molecule has 0 aliphatic rings. The van der Waals surface area contributed by atoms with E-state index in [0.29, 0.717) is 23.5 Å². The van der Waals surface area contributed by atoms with Gasteiger partial charge < -0.3 is 11.1 Å². The molecule has 0 spiro atoms. The van der Waals surface area contributed by atoms with Gasteiger partial charge in [-0.25, -0.2) is 8.78 Å². The van der Waals surface area contributed by atoms with Crippen LogP contribution in [0.15, 0.2) is 36.4 Å². The fourth-order valence-electron chi connectivity index (χ4n) is 1.63. The Bertz CT molecular complexity index is 717. The summed E-state index contributed by atoms with van der Waals surface area (Å²) in [6.07, 6.45) is 0. The predicted octanol–water partition coefficient (Wildman–Crippen LogP) is 2.71. The highest BCUT2D eigenvalue weighted by Crippen LogP contribution is 2.23. The topological polar surface area (TPSA) is 98.3 Å². The van der Waals surface area contributed by atoms with Crippen LogP contribution >= 0.6 is 0 Å². The lowest BCUT2D eigenvalue weighted by Crippen LogP contribution is -2.15. The van der Waals surface area contributed by atoms with Crippen LogP contribution in [0.4, 0.5) is 25.8 Å². The Morgan fingerprint density at radius 2 is 1.71 bits per heavy atom. The first kappa shape index (κ1) is 14.4. The second-order valence-corrected chi connectivity index (χ2v) is 4.12. The van der Waals surface area contributed by atoms with Gasteiger partial charge in [-0.05, 0) is 30.3 Å². The number of hydrogen-bond donors (Lipinski definition) is 2. The van der Waals surface area contributed by atoms with E-state index in [2.05, 4.69) is 5.32 Å². The number of hydrogen-bond acceptors (Lipinski definition) is 4. The van der Waals surface area contributed by atoms with Gasteiger partial charge >= 0.3 is 0 Å². The number of benzene rings is 2. The summed E-state index contributed by atoms with van der Waals surface area (Å²) in [5, 5.41) is 13.1. The van der Waals surface area contributed by atoms with E-state index in [1.807, 2.05) is 0 Å². The van der Waals surface area contributed by atoms with Crippen molar-refractivity contribution in [1.82, 2.24) is 0 Å². The minimum atomic E-state index is -1.40. The summed E-state index contributed by atoms with van der Waals surface area (Å²) < 4.78 is 26.2. The maximum absolute atomic E-state index is 13.2. The SMILES string of the molecule is Nc1ccc(NC(=O)c2cc(F)c(F)cc2[N+](=O)[O-])cc1. The van der Waals surface area contributed by atoms with Crippen LogP contribution in [0.25, 0.3) is 0 Å². The van der Waals surface area contributed by atoms with Crippen LogP contribution in [-0.4, -0.2) is 10.8 Å². The van der Waals surface area contributed by atoms with Crippen LogP contribution in [0.2, 0.25) is 0 Å². The van der Waals surface area contributed by atoms with Gasteiger partial charge in [0.05, 0.1) is 11.0 Å². The third-order valence-corrected chi connectivity index (χ3v) is 2.65. The maximum Gasteiger partial charge on any atom is 0.285 e. The Morgan fingerprint density at radius 1 is 1.14 bits per heavy atom. The van der Waals surface area contributed by atoms with Gasteiger partial charge in [-0.2, -0.15) is 0 Å². The highest BCUT2D eigenvalue weighted by molar-refractivity contribution is 6.07. The molecule has 0 fully saturated rings. The van der Waals surface area contributed by atoms with E-state index in [-0.39, 0.29) is 0 Å². The quantitative estimate of drug-likeness (QED) is 0.516. The Kier molecular flexibility index (Phi) is 3.79. The van der Waals surface area contributed by atoms with Gasteiger partial charge in [0.2, 0.25) is 0 Å². The van der Waals surface area contributed by atoms with Crippen molar-refractivity contribution in [2.24, 2.45) is 0 Å². The number of nitrogens with zero attached hydrogens (tertiary/aromatic N) is 1. The number of halogens is 2. The van der Waals surface area contributed by atoms with E-state index >= 15 is 0 Å². The first-order valence-corrected chi connectivity index (χ1v) is 5.69. The summed E-state index contributed by atoms with van der Waals surface area (Å²) >= 11 is 0. The zero-order valence-electron chi connectivity index (χ0n) is 10.5. The first-order chi connectivity index (χ1) is 9.88. The Labute approximate surface area is 117 Å². The molecule has 21 heavy (non-hydrogen) atoms. The lowest BCUT2D eigenvalue weighted by molar-refractivity contribution is -0.385. The number of carbonyl (C=O) groups is 1. The van der Waals surface area contributed by atoms with Crippen LogP contribution in [0.3, 0.4) is 0 Å². The normalized spacial score (nSPS) is 10.2. The van der Waals surface area contributed by atoms with Crippen LogP contribution < -0.4 is 11.1 Å². The highest BCUT2D eigenvalue weighted by Gasteiger charge is 2.24. The number of carbonyl (C=O) groups excluding carboxylic acids is 1. The summed E-state index contributed by atoms with van der Waals surface area (Å²) in [5.41, 5.74) is 4.86. The summed E-state index contributed by atoms with van der Waals surface area (Å²) in [5.74, 6) is -3.67. The molecule has 2 aromatic carbocycles. The van der Waals surface area contributed by atoms with E-state index in [0.717, 1.165) is 0 Å². The number of nitrogens with two attached hydrogens (primary N) is 1. The van der Waals surface area contributed by atoms with Crippen LogP contribution in [-0.2, 0) is 0 Å². The van der Waals surface area contributed by atoms with Crippen molar-refractivity contribution >= 4 is 23.0 Å². The molecule has 0 saturated heterocycles. The molecule has 2 aromatic rings. The molecular formula is C13H9F2N3O3. The summed E-state index contributed by atoms with van der Waals surface area (Å²) in [6, 6.07) is 6.82. The lowest BCUT2D eigenvalue weighted by atomic mass is 10.1. The summed E-state index contributed by atoms with van der Waals surface area (Å²) in [7, 11) is 0. The van der Waals surface area contributed by atoms with Gasteiger partial charge in [-0.1, -0.05) is 0 Å². The fourth-order valence-corrected chi connectivity index (χ4v) is 1.63. The van der Waals surface area contributed by atoms with Crippen LogP contribution in [0, 0.1) is 21.7 Å². The van der Waals surface area contributed by atoms with Gasteiger partial charge in [-0.15, -0.1) is 0 Å². The molecule has 108 valence electrons. The molecule has 0 saturated carbocycles. The first-order valence-electron chi connectivity index (χ1n) is 5.69.